The summed E-state index contributed by atoms with van der Waals surface area (Å²) < 4.78 is 3.98. The van der Waals surface area contributed by atoms with E-state index in [-0.39, 0.29) is 5.91 Å². The number of carbonyl (C=O) groups excluding carboxylic acids is 1. The topological polar surface area (TPSA) is 46.1 Å². The molecule has 3 rings (SSSR count). The van der Waals surface area contributed by atoms with Gasteiger partial charge >= 0.3 is 0 Å². The molecule has 6 heteroatoms. The van der Waals surface area contributed by atoms with Crippen LogP contribution in [0.3, 0.4) is 0 Å². The molecule has 0 radical (unpaired) electrons. The Kier molecular flexibility index (Phi) is 3.56. The van der Waals surface area contributed by atoms with Crippen molar-refractivity contribution >= 4 is 29.2 Å². The van der Waals surface area contributed by atoms with Crippen molar-refractivity contribution in [2.75, 3.05) is 24.6 Å². The van der Waals surface area contributed by atoms with Gasteiger partial charge in [0.25, 0.3) is 5.91 Å². The van der Waals surface area contributed by atoms with Crippen LogP contribution in [0.25, 0.3) is 0 Å². The van der Waals surface area contributed by atoms with Gasteiger partial charge in [-0.15, -0.1) is 5.10 Å². The van der Waals surface area contributed by atoms with Crippen molar-refractivity contribution < 1.29 is 4.79 Å². The second-order valence-corrected chi connectivity index (χ2v) is 7.10. The maximum atomic E-state index is 12.6. The van der Waals surface area contributed by atoms with Crippen molar-refractivity contribution in [3.8, 4) is 0 Å². The van der Waals surface area contributed by atoms with Gasteiger partial charge in [-0.1, -0.05) is 11.4 Å². The van der Waals surface area contributed by atoms with Crippen LogP contribution in [0.5, 0.6) is 0 Å². The third-order valence-corrected chi connectivity index (χ3v) is 5.40. The Bertz CT molecular complexity index is 444. The molecule has 1 aliphatic heterocycles. The van der Waals surface area contributed by atoms with Crippen molar-refractivity contribution in [2.24, 2.45) is 5.92 Å². The van der Waals surface area contributed by atoms with E-state index in [2.05, 4.69) is 16.5 Å². The largest absolute Gasteiger partial charge is 0.337 e. The molecule has 2 heterocycles. The molecule has 18 heavy (non-hydrogen) atoms. The average Bonchev–Trinajstić information content (AvgIpc) is 3.13. The minimum absolute atomic E-state index is 0.154. The van der Waals surface area contributed by atoms with Crippen molar-refractivity contribution in [3.63, 3.8) is 0 Å². The number of carbonyl (C=O) groups is 1. The van der Waals surface area contributed by atoms with Crippen LogP contribution in [0.15, 0.2) is 0 Å². The summed E-state index contributed by atoms with van der Waals surface area (Å²) in [5.41, 5.74) is 0.953. The Hall–Kier alpha value is -0.620. The maximum absolute atomic E-state index is 12.6. The molecular weight excluding hydrogens is 266 g/mol. The zero-order chi connectivity index (χ0) is 12.5. The number of hydrogen-bond acceptors (Lipinski definition) is 5. The van der Waals surface area contributed by atoms with Gasteiger partial charge in [0, 0.05) is 24.8 Å². The lowest BCUT2D eigenvalue weighted by Gasteiger charge is -2.21. The first-order chi connectivity index (χ1) is 8.75. The molecule has 2 fully saturated rings. The maximum Gasteiger partial charge on any atom is 0.267 e. The van der Waals surface area contributed by atoms with Gasteiger partial charge in [0.05, 0.1) is 5.69 Å². The Morgan fingerprint density at radius 1 is 1.44 bits per heavy atom. The van der Waals surface area contributed by atoms with Gasteiger partial charge in [-0.3, -0.25) is 4.79 Å². The van der Waals surface area contributed by atoms with Gasteiger partial charge in [-0.25, -0.2) is 0 Å². The fourth-order valence-corrected chi connectivity index (χ4v) is 4.02. The van der Waals surface area contributed by atoms with E-state index in [9.17, 15) is 4.79 Å². The lowest BCUT2D eigenvalue weighted by Crippen LogP contribution is -2.35. The van der Waals surface area contributed by atoms with Crippen LogP contribution < -0.4 is 0 Å². The van der Waals surface area contributed by atoms with Gasteiger partial charge < -0.3 is 4.90 Å². The number of aromatic nitrogens is 2. The summed E-state index contributed by atoms with van der Waals surface area (Å²) in [4.78, 5) is 15.3. The highest BCUT2D eigenvalue weighted by Gasteiger charge is 2.33. The van der Waals surface area contributed by atoms with Crippen LogP contribution in [-0.4, -0.2) is 45.0 Å². The van der Waals surface area contributed by atoms with Crippen molar-refractivity contribution in [1.82, 2.24) is 14.5 Å². The monoisotopic (exact) mass is 283 g/mol. The van der Waals surface area contributed by atoms with Crippen LogP contribution in [-0.2, 0) is 0 Å². The third-order valence-electron chi connectivity index (χ3n) is 3.40. The lowest BCUT2D eigenvalue weighted by molar-refractivity contribution is 0.0755. The summed E-state index contributed by atoms with van der Waals surface area (Å²) >= 11 is 3.21. The zero-order valence-corrected chi connectivity index (χ0v) is 12.1. The fraction of sp³-hybridized carbons (Fsp3) is 0.750. The van der Waals surface area contributed by atoms with E-state index >= 15 is 0 Å². The first-order valence-electron chi connectivity index (χ1n) is 6.45. The number of nitrogens with zero attached hydrogens (tertiary/aromatic N) is 3. The SMILES string of the molecule is CC1CSCCN(C(=O)c2snnc2C2CC2)C1. The summed E-state index contributed by atoms with van der Waals surface area (Å²) in [6.45, 7) is 3.94. The zero-order valence-electron chi connectivity index (χ0n) is 10.5. The van der Waals surface area contributed by atoms with Crippen molar-refractivity contribution in [1.29, 1.82) is 0 Å². The second-order valence-electron chi connectivity index (χ2n) is 5.19. The molecule has 98 valence electrons. The summed E-state index contributed by atoms with van der Waals surface area (Å²) in [6, 6.07) is 0. The van der Waals surface area contributed by atoms with Crippen LogP contribution in [0.4, 0.5) is 0 Å². The number of amides is 1. The van der Waals surface area contributed by atoms with E-state index in [1.54, 1.807) is 0 Å². The summed E-state index contributed by atoms with van der Waals surface area (Å²) in [7, 11) is 0. The quantitative estimate of drug-likeness (QED) is 0.835. The molecular formula is C12H17N3OS2. The van der Waals surface area contributed by atoms with Crippen LogP contribution in [0, 0.1) is 5.92 Å². The first kappa shape index (κ1) is 12.4. The highest BCUT2D eigenvalue weighted by molar-refractivity contribution is 7.99. The Morgan fingerprint density at radius 2 is 2.28 bits per heavy atom. The van der Waals surface area contributed by atoms with E-state index in [0.29, 0.717) is 11.8 Å². The third kappa shape index (κ3) is 2.54. The molecule has 4 nitrogen and oxygen atoms in total. The van der Waals surface area contributed by atoms with E-state index in [1.807, 2.05) is 16.7 Å². The number of hydrogen-bond donors (Lipinski definition) is 0. The number of thioether (sulfide) groups is 1. The molecule has 0 spiro atoms. The predicted molar refractivity (Wildman–Crippen MR) is 74.3 cm³/mol. The normalized spacial score (nSPS) is 24.9. The molecule has 0 bridgehead atoms. The fourth-order valence-electron chi connectivity index (χ4n) is 2.28. The summed E-state index contributed by atoms with van der Waals surface area (Å²) in [5, 5.41) is 4.15. The number of rotatable bonds is 2. The van der Waals surface area contributed by atoms with E-state index in [0.717, 1.165) is 48.0 Å². The first-order valence-corrected chi connectivity index (χ1v) is 8.37. The van der Waals surface area contributed by atoms with Crippen LogP contribution in [0.1, 0.15) is 41.0 Å². The molecule has 1 amide bonds. The molecule has 1 saturated carbocycles. The molecule has 1 saturated heterocycles. The summed E-state index contributed by atoms with van der Waals surface area (Å²) in [5.74, 6) is 3.43. The second kappa shape index (κ2) is 5.17. The standard InChI is InChI=1S/C12H17N3OS2/c1-8-6-15(4-5-17-7-8)12(16)11-10(9-2-3-9)13-14-18-11/h8-9H,2-7H2,1H3. The molecule has 1 aromatic rings. The summed E-state index contributed by atoms with van der Waals surface area (Å²) in [6.07, 6.45) is 2.33. The van der Waals surface area contributed by atoms with Gasteiger partial charge in [-0.05, 0) is 36.0 Å². The van der Waals surface area contributed by atoms with Crippen molar-refractivity contribution in [3.05, 3.63) is 10.6 Å². The van der Waals surface area contributed by atoms with E-state index < -0.39 is 0 Å². The molecule has 1 unspecified atom stereocenters. The highest BCUT2D eigenvalue weighted by atomic mass is 32.2. The minimum Gasteiger partial charge on any atom is -0.337 e. The molecule has 0 aromatic carbocycles. The van der Waals surface area contributed by atoms with Crippen LogP contribution >= 0.6 is 23.3 Å². The molecule has 1 atom stereocenters. The van der Waals surface area contributed by atoms with Crippen LogP contribution in [0.2, 0.25) is 0 Å². The molecule has 1 aliphatic carbocycles. The van der Waals surface area contributed by atoms with Crippen molar-refractivity contribution in [2.45, 2.75) is 25.7 Å². The average molecular weight is 283 g/mol. The van der Waals surface area contributed by atoms with Gasteiger partial charge in [-0.2, -0.15) is 11.8 Å². The molecule has 1 aromatic heterocycles. The minimum atomic E-state index is 0.154. The van der Waals surface area contributed by atoms with Gasteiger partial charge in [0.2, 0.25) is 0 Å². The Morgan fingerprint density at radius 3 is 3.06 bits per heavy atom. The van der Waals surface area contributed by atoms with Gasteiger partial charge in [0.1, 0.15) is 4.88 Å². The highest BCUT2D eigenvalue weighted by Crippen LogP contribution is 2.41. The molecule has 2 aliphatic rings. The Labute approximate surface area is 115 Å². The predicted octanol–water partition coefficient (Wildman–Crippen LogP) is 2.24. The lowest BCUT2D eigenvalue weighted by atomic mass is 10.2. The van der Waals surface area contributed by atoms with Gasteiger partial charge in [0.15, 0.2) is 0 Å². The van der Waals surface area contributed by atoms with E-state index in [1.165, 1.54) is 11.5 Å². The molecule has 0 N–H and O–H groups in total. The Balaban J connectivity index is 1.78. The smallest absolute Gasteiger partial charge is 0.267 e. The van der Waals surface area contributed by atoms with E-state index in [4.69, 9.17) is 0 Å².